The van der Waals surface area contributed by atoms with E-state index in [1.165, 1.54) is 81.8 Å². The van der Waals surface area contributed by atoms with Crippen molar-refractivity contribution in [2.24, 2.45) is 0 Å². The van der Waals surface area contributed by atoms with Gasteiger partial charge < -0.3 is 32.9 Å². The van der Waals surface area contributed by atoms with Crippen LogP contribution in [0.25, 0.3) is 0 Å². The highest BCUT2D eigenvalue weighted by Gasteiger charge is 2.54. The molecule has 13 heteroatoms. The lowest BCUT2D eigenvalue weighted by Crippen LogP contribution is -2.54. The molecule has 1 N–H and O–H groups in total. The fourth-order valence-electron chi connectivity index (χ4n) is 10.1. The second-order valence-electron chi connectivity index (χ2n) is 25.1. The van der Waals surface area contributed by atoms with Gasteiger partial charge in [0.15, 0.2) is 16.6 Å². The summed E-state index contributed by atoms with van der Waals surface area (Å²) in [5.41, 5.74) is 2.68. The SMILES string of the molecule is COc1ccc2c(c1)OCC(C)(c1cccnc1)C2(O)CCCCCCCCCO[Si](C)(C)C(C)(C)C.COc1ccc2c(c1)OC[C@](C)(c1cccnc1)[C@H]2CCCCCCCCCO[Si](C)(C)C(C)(C)C.ClCCCl. The monoisotopic (exact) mass is 1140 g/mol. The summed E-state index contributed by atoms with van der Waals surface area (Å²) in [6, 6.07) is 20.3. The number of rotatable bonds is 27. The van der Waals surface area contributed by atoms with Gasteiger partial charge >= 0.3 is 0 Å². The zero-order chi connectivity index (χ0) is 56.8. The molecule has 0 saturated heterocycles. The number of fused-ring (bicyclic) bond motifs is 2. The topological polar surface area (TPSA) is 101 Å². The quantitative estimate of drug-likeness (QED) is 0.0355. The number of ether oxygens (including phenoxy) is 4. The van der Waals surface area contributed by atoms with Crippen molar-refractivity contribution in [1.29, 1.82) is 0 Å². The maximum Gasteiger partial charge on any atom is 0.191 e. The Morgan fingerprint density at radius 2 is 1.05 bits per heavy atom. The molecule has 4 heterocycles. The predicted octanol–water partition coefficient (Wildman–Crippen LogP) is 17.9. The van der Waals surface area contributed by atoms with Crippen molar-refractivity contribution < 1.29 is 32.9 Å². The first-order valence-electron chi connectivity index (χ1n) is 29.0. The van der Waals surface area contributed by atoms with E-state index in [0.29, 0.717) is 48.1 Å². The Labute approximate surface area is 479 Å². The Morgan fingerprint density at radius 3 is 1.53 bits per heavy atom. The van der Waals surface area contributed by atoms with Gasteiger partial charge in [-0.25, -0.2) is 0 Å². The van der Waals surface area contributed by atoms with E-state index in [4.69, 9.17) is 51.0 Å². The van der Waals surface area contributed by atoms with Crippen LogP contribution < -0.4 is 18.9 Å². The third kappa shape index (κ3) is 18.7. The lowest BCUT2D eigenvalue weighted by Gasteiger charge is -2.49. The first-order chi connectivity index (χ1) is 36.4. The van der Waals surface area contributed by atoms with Gasteiger partial charge in [-0.05, 0) is 116 Å². The van der Waals surface area contributed by atoms with Crippen LogP contribution in [-0.4, -0.2) is 84.1 Å². The zero-order valence-corrected chi connectivity index (χ0v) is 53.8. The molecule has 0 radical (unpaired) electrons. The molecule has 9 nitrogen and oxygen atoms in total. The summed E-state index contributed by atoms with van der Waals surface area (Å²) in [5.74, 6) is 4.80. The minimum absolute atomic E-state index is 0.0833. The van der Waals surface area contributed by atoms with E-state index in [2.05, 4.69) is 110 Å². The predicted molar refractivity (Wildman–Crippen MR) is 328 cm³/mol. The zero-order valence-electron chi connectivity index (χ0n) is 50.3. The van der Waals surface area contributed by atoms with Gasteiger partial charge in [-0.2, -0.15) is 0 Å². The maximum absolute atomic E-state index is 12.3. The van der Waals surface area contributed by atoms with Gasteiger partial charge in [0, 0.05) is 78.8 Å². The number of pyridine rings is 2. The van der Waals surface area contributed by atoms with Crippen LogP contribution in [0.3, 0.4) is 0 Å². The molecule has 0 saturated carbocycles. The molecule has 0 amide bonds. The Morgan fingerprint density at radius 1 is 0.597 bits per heavy atom. The Hall–Kier alpha value is -3.17. The molecular formula is C64H102Cl2N2O7Si2. The van der Waals surface area contributed by atoms with E-state index in [1.54, 1.807) is 20.4 Å². The van der Waals surface area contributed by atoms with E-state index in [1.807, 2.05) is 61.1 Å². The number of methoxy groups -OCH3 is 2. The van der Waals surface area contributed by atoms with Crippen LogP contribution in [0.1, 0.15) is 186 Å². The number of hydrogen-bond donors (Lipinski definition) is 1. The second kappa shape index (κ2) is 31.2. The standard InChI is InChI=1S/C31H49NO4Si.C31H49NO3Si.C2H4Cl2/c1-29(2,3)37(6,7)36-21-14-12-10-8-9-11-13-19-31(33)27-18-17-26(34-5)22-28(27)35-24-30(31,4)25-16-15-20-32-23-25;1-30(2,3)36(6,7)35-21-14-12-10-8-9-11-13-17-28-27-19-18-26(33-5)22-29(27)34-24-31(28,4)25-16-15-20-32-23-25;3-1-2-4/h15-18,20,22-23,33H,8-14,19,21,24H2,1-7H3;15-16,18-20,22-23,28H,8-14,17,21,24H2,1-7H3;1-2H2/t;28-,31+;/m.0./s1. The summed E-state index contributed by atoms with van der Waals surface area (Å²) < 4.78 is 35.9. The fourth-order valence-corrected chi connectivity index (χ4v) is 12.3. The van der Waals surface area contributed by atoms with Crippen molar-refractivity contribution in [3.05, 3.63) is 108 Å². The first kappa shape index (κ1) is 66.3. The molecular weight excluding hydrogens is 1040 g/mol. The molecule has 77 heavy (non-hydrogen) atoms. The van der Waals surface area contributed by atoms with Gasteiger partial charge in [0.05, 0.1) is 26.2 Å². The molecule has 6 rings (SSSR count). The number of benzene rings is 2. The smallest absolute Gasteiger partial charge is 0.191 e. The van der Waals surface area contributed by atoms with Crippen molar-refractivity contribution in [2.75, 3.05) is 52.4 Å². The van der Waals surface area contributed by atoms with Crippen molar-refractivity contribution >= 4 is 39.8 Å². The highest BCUT2D eigenvalue weighted by molar-refractivity contribution is 6.74. The minimum Gasteiger partial charge on any atom is -0.497 e. The summed E-state index contributed by atoms with van der Waals surface area (Å²) in [6.45, 7) is 30.5. The van der Waals surface area contributed by atoms with Crippen LogP contribution in [0.15, 0.2) is 85.5 Å². The number of alkyl halides is 2. The van der Waals surface area contributed by atoms with Crippen LogP contribution in [-0.2, 0) is 25.3 Å². The van der Waals surface area contributed by atoms with Crippen molar-refractivity contribution in [3.8, 4) is 23.0 Å². The highest BCUT2D eigenvalue weighted by atomic mass is 35.5. The molecule has 2 aliphatic heterocycles. The van der Waals surface area contributed by atoms with Crippen molar-refractivity contribution in [2.45, 2.75) is 217 Å². The van der Waals surface area contributed by atoms with Gasteiger partial charge in [-0.1, -0.05) is 144 Å². The number of nitrogens with zero attached hydrogens (tertiary/aromatic N) is 2. The lowest BCUT2D eigenvalue weighted by molar-refractivity contribution is -0.0826. The maximum atomic E-state index is 12.3. The molecule has 2 unspecified atom stereocenters. The normalized spacial score (nSPS) is 20.2. The third-order valence-corrected chi connectivity index (χ3v) is 27.2. The average molecular weight is 1140 g/mol. The summed E-state index contributed by atoms with van der Waals surface area (Å²) in [6.07, 6.45) is 26.4. The van der Waals surface area contributed by atoms with Crippen molar-refractivity contribution in [3.63, 3.8) is 0 Å². The van der Waals surface area contributed by atoms with Crippen LogP contribution in [0, 0.1) is 0 Å². The molecule has 432 valence electrons. The fraction of sp³-hybridized carbons (Fsp3) is 0.656. The number of aromatic nitrogens is 2. The first-order valence-corrected chi connectivity index (χ1v) is 35.9. The van der Waals surface area contributed by atoms with E-state index in [-0.39, 0.29) is 10.5 Å². The largest absolute Gasteiger partial charge is 0.497 e. The summed E-state index contributed by atoms with van der Waals surface area (Å²) in [4.78, 5) is 8.75. The number of unbranched alkanes of at least 4 members (excludes halogenated alkanes) is 12. The highest BCUT2D eigenvalue weighted by Crippen LogP contribution is 2.53. The van der Waals surface area contributed by atoms with E-state index in [0.717, 1.165) is 67.3 Å². The summed E-state index contributed by atoms with van der Waals surface area (Å²) in [7, 11) is 0.142. The van der Waals surface area contributed by atoms with Gasteiger partial charge in [0.2, 0.25) is 0 Å². The van der Waals surface area contributed by atoms with E-state index < -0.39 is 27.7 Å². The van der Waals surface area contributed by atoms with Crippen LogP contribution in [0.2, 0.25) is 36.3 Å². The molecule has 4 aromatic rings. The molecule has 2 aliphatic rings. The number of hydrogen-bond acceptors (Lipinski definition) is 9. The van der Waals surface area contributed by atoms with Gasteiger partial charge in [0.1, 0.15) is 35.2 Å². The molecule has 0 aliphatic carbocycles. The third-order valence-electron chi connectivity index (χ3n) is 17.5. The molecule has 0 bridgehead atoms. The Balaban J connectivity index is 0.000000311. The molecule has 2 aromatic carbocycles. The summed E-state index contributed by atoms with van der Waals surface area (Å²) in [5, 5.41) is 12.9. The molecule has 4 atom stereocenters. The number of aliphatic hydroxyl groups is 1. The van der Waals surface area contributed by atoms with Gasteiger partial charge in [0.25, 0.3) is 0 Å². The van der Waals surface area contributed by atoms with Crippen LogP contribution >= 0.6 is 23.2 Å². The molecule has 0 fully saturated rings. The molecule has 0 spiro atoms. The van der Waals surface area contributed by atoms with Crippen molar-refractivity contribution in [1.82, 2.24) is 9.97 Å². The Bertz CT molecular complexity index is 2290. The summed E-state index contributed by atoms with van der Waals surface area (Å²) >= 11 is 10.1. The Kier molecular flexibility index (Phi) is 26.8. The lowest BCUT2D eigenvalue weighted by atomic mass is 9.63. The average Bonchev–Trinajstić information content (AvgIpc) is 3.41. The number of halogens is 2. The van der Waals surface area contributed by atoms with Gasteiger partial charge in [-0.15, -0.1) is 23.2 Å². The second-order valence-corrected chi connectivity index (χ2v) is 35.4. The van der Waals surface area contributed by atoms with Gasteiger partial charge in [-0.3, -0.25) is 9.97 Å². The van der Waals surface area contributed by atoms with E-state index >= 15 is 0 Å². The van der Waals surface area contributed by atoms with Crippen LogP contribution in [0.4, 0.5) is 0 Å². The van der Waals surface area contributed by atoms with Crippen LogP contribution in [0.5, 0.6) is 23.0 Å². The minimum atomic E-state index is -1.63. The van der Waals surface area contributed by atoms with E-state index in [9.17, 15) is 5.11 Å². The molecule has 2 aromatic heterocycles.